The van der Waals surface area contributed by atoms with E-state index in [0.717, 1.165) is 11.1 Å². The summed E-state index contributed by atoms with van der Waals surface area (Å²) in [6.45, 7) is 2.65. The van der Waals surface area contributed by atoms with Gasteiger partial charge in [-0.05, 0) is 36.8 Å². The van der Waals surface area contributed by atoms with Gasteiger partial charge >= 0.3 is 0 Å². The van der Waals surface area contributed by atoms with Crippen LogP contribution in [0.3, 0.4) is 0 Å². The van der Waals surface area contributed by atoms with Crippen molar-refractivity contribution in [1.29, 1.82) is 0 Å². The first kappa shape index (κ1) is 16.7. The van der Waals surface area contributed by atoms with Gasteiger partial charge in [0.05, 0.1) is 6.42 Å². The largest absolute Gasteiger partial charge is 0.354 e. The Balaban J connectivity index is 1.68. The third-order valence-electron chi connectivity index (χ3n) is 3.32. The summed E-state index contributed by atoms with van der Waals surface area (Å²) in [7, 11) is 0. The van der Waals surface area contributed by atoms with E-state index in [0.29, 0.717) is 18.7 Å². The summed E-state index contributed by atoms with van der Waals surface area (Å²) in [5.74, 6) is -0.660. The summed E-state index contributed by atoms with van der Waals surface area (Å²) >= 11 is 0. The predicted octanol–water partition coefficient (Wildman–Crippen LogP) is 2.22. The van der Waals surface area contributed by atoms with Gasteiger partial charge in [0.2, 0.25) is 5.91 Å². The number of amides is 2. The number of rotatable bonds is 6. The lowest BCUT2D eigenvalue weighted by Crippen LogP contribution is -2.35. The number of halogens is 1. The fourth-order valence-corrected chi connectivity index (χ4v) is 2.04. The summed E-state index contributed by atoms with van der Waals surface area (Å²) < 4.78 is 12.8. The zero-order valence-corrected chi connectivity index (χ0v) is 12.9. The van der Waals surface area contributed by atoms with Gasteiger partial charge in [0.15, 0.2) is 0 Å². The van der Waals surface area contributed by atoms with Crippen molar-refractivity contribution in [3.05, 3.63) is 71.0 Å². The molecule has 0 spiro atoms. The SMILES string of the molecule is Cc1ccc(C(=O)NCCNC(=O)Cc2ccc(F)cc2)cc1. The molecule has 0 saturated carbocycles. The van der Waals surface area contributed by atoms with E-state index in [-0.39, 0.29) is 24.1 Å². The molecular formula is C18H19FN2O2. The molecule has 0 aliphatic rings. The lowest BCUT2D eigenvalue weighted by atomic mass is 10.1. The lowest BCUT2D eigenvalue weighted by molar-refractivity contribution is -0.120. The highest BCUT2D eigenvalue weighted by molar-refractivity contribution is 5.94. The van der Waals surface area contributed by atoms with Crippen LogP contribution in [0.4, 0.5) is 4.39 Å². The van der Waals surface area contributed by atoms with Gasteiger partial charge in [-0.3, -0.25) is 9.59 Å². The molecule has 0 atom stereocenters. The van der Waals surface area contributed by atoms with E-state index < -0.39 is 0 Å². The molecule has 0 saturated heterocycles. The van der Waals surface area contributed by atoms with Crippen LogP contribution in [0.1, 0.15) is 21.5 Å². The minimum atomic E-state index is -0.326. The van der Waals surface area contributed by atoms with Crippen LogP contribution in [0.15, 0.2) is 48.5 Å². The van der Waals surface area contributed by atoms with Crippen molar-refractivity contribution in [2.75, 3.05) is 13.1 Å². The summed E-state index contributed by atoms with van der Waals surface area (Å²) in [5.41, 5.74) is 2.43. The van der Waals surface area contributed by atoms with Gasteiger partial charge in [0.1, 0.15) is 5.82 Å². The van der Waals surface area contributed by atoms with E-state index in [9.17, 15) is 14.0 Å². The monoisotopic (exact) mass is 314 g/mol. The maximum absolute atomic E-state index is 12.8. The van der Waals surface area contributed by atoms with Crippen LogP contribution in [0, 0.1) is 12.7 Å². The van der Waals surface area contributed by atoms with Gasteiger partial charge in [0, 0.05) is 18.7 Å². The molecule has 0 aliphatic heterocycles. The predicted molar refractivity (Wildman–Crippen MR) is 86.6 cm³/mol. The van der Waals surface area contributed by atoms with E-state index in [4.69, 9.17) is 0 Å². The van der Waals surface area contributed by atoms with Crippen molar-refractivity contribution in [3.8, 4) is 0 Å². The summed E-state index contributed by atoms with van der Waals surface area (Å²) in [4.78, 5) is 23.6. The van der Waals surface area contributed by atoms with Gasteiger partial charge in [0.25, 0.3) is 5.91 Å². The second-order valence-electron chi connectivity index (χ2n) is 5.28. The molecule has 0 radical (unpaired) electrons. The van der Waals surface area contributed by atoms with E-state index >= 15 is 0 Å². The van der Waals surface area contributed by atoms with Crippen molar-refractivity contribution < 1.29 is 14.0 Å². The molecule has 0 heterocycles. The smallest absolute Gasteiger partial charge is 0.251 e. The van der Waals surface area contributed by atoms with E-state index in [1.807, 2.05) is 19.1 Å². The Bertz CT molecular complexity index is 666. The van der Waals surface area contributed by atoms with Gasteiger partial charge < -0.3 is 10.6 Å². The maximum atomic E-state index is 12.8. The molecule has 0 fully saturated rings. The highest BCUT2D eigenvalue weighted by atomic mass is 19.1. The second-order valence-corrected chi connectivity index (χ2v) is 5.28. The molecule has 2 rings (SSSR count). The molecular weight excluding hydrogens is 295 g/mol. The third-order valence-corrected chi connectivity index (χ3v) is 3.32. The number of aryl methyl sites for hydroxylation is 1. The Morgan fingerprint density at radius 3 is 2.17 bits per heavy atom. The zero-order valence-electron chi connectivity index (χ0n) is 12.9. The van der Waals surface area contributed by atoms with Crippen molar-refractivity contribution in [2.45, 2.75) is 13.3 Å². The molecule has 2 N–H and O–H groups in total. The lowest BCUT2D eigenvalue weighted by Gasteiger charge is -2.07. The number of carbonyl (C=O) groups is 2. The molecule has 2 aromatic carbocycles. The van der Waals surface area contributed by atoms with Crippen LogP contribution in [-0.4, -0.2) is 24.9 Å². The van der Waals surface area contributed by atoms with Crippen LogP contribution in [-0.2, 0) is 11.2 Å². The molecule has 0 unspecified atom stereocenters. The van der Waals surface area contributed by atoms with Crippen LogP contribution < -0.4 is 10.6 Å². The highest BCUT2D eigenvalue weighted by Gasteiger charge is 2.05. The third kappa shape index (κ3) is 5.54. The summed E-state index contributed by atoms with van der Waals surface area (Å²) in [5, 5.41) is 5.46. The molecule has 2 aromatic rings. The minimum absolute atomic E-state index is 0.166. The Hall–Kier alpha value is -2.69. The molecule has 4 nitrogen and oxygen atoms in total. The maximum Gasteiger partial charge on any atom is 0.251 e. The molecule has 5 heteroatoms. The van der Waals surface area contributed by atoms with Crippen molar-refractivity contribution in [3.63, 3.8) is 0 Å². The Morgan fingerprint density at radius 1 is 0.913 bits per heavy atom. The number of hydrogen-bond donors (Lipinski definition) is 2. The fraction of sp³-hybridized carbons (Fsp3) is 0.222. The van der Waals surface area contributed by atoms with Crippen molar-refractivity contribution >= 4 is 11.8 Å². The topological polar surface area (TPSA) is 58.2 Å². The van der Waals surface area contributed by atoms with Crippen LogP contribution in [0.5, 0.6) is 0 Å². The molecule has 23 heavy (non-hydrogen) atoms. The first-order valence-corrected chi connectivity index (χ1v) is 7.40. The normalized spacial score (nSPS) is 10.2. The number of nitrogens with one attached hydrogen (secondary N) is 2. The first-order chi connectivity index (χ1) is 11.0. The molecule has 0 aliphatic carbocycles. The highest BCUT2D eigenvalue weighted by Crippen LogP contribution is 2.03. The van der Waals surface area contributed by atoms with Crippen molar-refractivity contribution in [2.24, 2.45) is 0 Å². The Labute approximate surface area is 134 Å². The van der Waals surface area contributed by atoms with E-state index in [2.05, 4.69) is 10.6 Å². The number of benzene rings is 2. The average Bonchev–Trinajstić information content (AvgIpc) is 2.54. The van der Waals surface area contributed by atoms with Gasteiger partial charge in [-0.1, -0.05) is 29.8 Å². The molecule has 0 bridgehead atoms. The Kier molecular flexibility index (Phi) is 5.86. The number of hydrogen-bond acceptors (Lipinski definition) is 2. The van der Waals surface area contributed by atoms with Gasteiger partial charge in [-0.2, -0.15) is 0 Å². The van der Waals surface area contributed by atoms with Crippen LogP contribution in [0.2, 0.25) is 0 Å². The summed E-state index contributed by atoms with van der Waals surface area (Å²) in [6, 6.07) is 13.1. The van der Waals surface area contributed by atoms with Crippen LogP contribution >= 0.6 is 0 Å². The molecule has 2 amide bonds. The first-order valence-electron chi connectivity index (χ1n) is 7.40. The van der Waals surface area contributed by atoms with Gasteiger partial charge in [-0.15, -0.1) is 0 Å². The van der Waals surface area contributed by atoms with Crippen molar-refractivity contribution in [1.82, 2.24) is 10.6 Å². The zero-order chi connectivity index (χ0) is 16.7. The van der Waals surface area contributed by atoms with Gasteiger partial charge in [-0.25, -0.2) is 4.39 Å². The summed E-state index contributed by atoms with van der Waals surface area (Å²) in [6.07, 6.45) is 0.187. The number of carbonyl (C=O) groups excluding carboxylic acids is 2. The minimum Gasteiger partial charge on any atom is -0.354 e. The standard InChI is InChI=1S/C18H19FN2O2/c1-13-2-6-15(7-3-13)18(23)21-11-10-20-17(22)12-14-4-8-16(19)9-5-14/h2-9H,10-12H2,1H3,(H,20,22)(H,21,23). The molecule has 120 valence electrons. The average molecular weight is 314 g/mol. The molecule has 0 aromatic heterocycles. The van der Waals surface area contributed by atoms with E-state index in [1.54, 1.807) is 24.3 Å². The second kappa shape index (κ2) is 8.08. The van der Waals surface area contributed by atoms with E-state index in [1.165, 1.54) is 12.1 Å². The quantitative estimate of drug-likeness (QED) is 0.803. The fourth-order valence-electron chi connectivity index (χ4n) is 2.04. The Morgan fingerprint density at radius 2 is 1.52 bits per heavy atom. The van der Waals surface area contributed by atoms with Crippen LogP contribution in [0.25, 0.3) is 0 Å².